The van der Waals surface area contributed by atoms with Crippen molar-refractivity contribution < 1.29 is 9.53 Å². The maximum Gasteiger partial charge on any atom is 0.158 e. The van der Waals surface area contributed by atoms with Crippen LogP contribution in [0.5, 0.6) is 5.75 Å². The maximum atomic E-state index is 12.4. The molecular formula is C22H22O2. The predicted molar refractivity (Wildman–Crippen MR) is 96.1 cm³/mol. The van der Waals surface area contributed by atoms with Gasteiger partial charge in [0.2, 0.25) is 0 Å². The van der Waals surface area contributed by atoms with Crippen molar-refractivity contribution in [1.29, 1.82) is 0 Å². The summed E-state index contributed by atoms with van der Waals surface area (Å²) in [4.78, 5) is 12.4. The van der Waals surface area contributed by atoms with E-state index < -0.39 is 0 Å². The number of Topliss-reactive ketones (excluding diaryl/α,β-unsaturated/α-hetero) is 1. The van der Waals surface area contributed by atoms with Gasteiger partial charge >= 0.3 is 0 Å². The minimum absolute atomic E-state index is 0.0496. The van der Waals surface area contributed by atoms with Crippen molar-refractivity contribution in [1.82, 2.24) is 0 Å². The molecule has 122 valence electrons. The fourth-order valence-corrected chi connectivity index (χ4v) is 4.54. The highest BCUT2D eigenvalue weighted by atomic mass is 16.5. The van der Waals surface area contributed by atoms with E-state index >= 15 is 0 Å². The summed E-state index contributed by atoms with van der Waals surface area (Å²) in [6.07, 6.45) is 3.58. The van der Waals surface area contributed by atoms with Gasteiger partial charge in [0.05, 0.1) is 7.11 Å². The lowest BCUT2D eigenvalue weighted by atomic mass is 9.67. The van der Waals surface area contributed by atoms with Gasteiger partial charge < -0.3 is 4.74 Å². The molecule has 2 aromatic carbocycles. The lowest BCUT2D eigenvalue weighted by Gasteiger charge is -2.36. The molecule has 0 bridgehead atoms. The first-order valence-corrected chi connectivity index (χ1v) is 8.59. The van der Waals surface area contributed by atoms with Crippen molar-refractivity contribution in [2.45, 2.75) is 32.6 Å². The fraction of sp³-hybridized carbons (Fsp3) is 0.318. The van der Waals surface area contributed by atoms with E-state index in [-0.39, 0.29) is 5.41 Å². The summed E-state index contributed by atoms with van der Waals surface area (Å²) in [5.74, 6) is 1.20. The van der Waals surface area contributed by atoms with Crippen molar-refractivity contribution in [2.24, 2.45) is 5.41 Å². The Balaban J connectivity index is 1.85. The molecule has 1 unspecified atom stereocenters. The number of carbonyl (C=O) groups excluding carboxylic acids is 1. The van der Waals surface area contributed by atoms with E-state index in [4.69, 9.17) is 4.74 Å². The molecule has 0 spiro atoms. The normalized spacial score (nSPS) is 22.3. The molecule has 2 aliphatic carbocycles. The van der Waals surface area contributed by atoms with Gasteiger partial charge in [-0.15, -0.1) is 0 Å². The minimum Gasteiger partial charge on any atom is -0.497 e. The van der Waals surface area contributed by atoms with E-state index in [1.165, 1.54) is 22.3 Å². The average molecular weight is 318 g/mol. The molecule has 0 aliphatic heterocycles. The summed E-state index contributed by atoms with van der Waals surface area (Å²) in [5.41, 5.74) is 6.19. The monoisotopic (exact) mass is 318 g/mol. The Bertz CT molecular complexity index is 832. The van der Waals surface area contributed by atoms with Gasteiger partial charge in [-0.1, -0.05) is 36.4 Å². The number of rotatable bonds is 3. The van der Waals surface area contributed by atoms with Crippen LogP contribution in [0.2, 0.25) is 0 Å². The number of ether oxygens (including phenoxy) is 1. The van der Waals surface area contributed by atoms with Crippen LogP contribution in [0.15, 0.2) is 54.1 Å². The Hall–Kier alpha value is -2.35. The van der Waals surface area contributed by atoms with Gasteiger partial charge in [0, 0.05) is 11.8 Å². The van der Waals surface area contributed by atoms with Crippen LogP contribution in [0.25, 0.3) is 5.57 Å². The zero-order valence-electron chi connectivity index (χ0n) is 14.3. The lowest BCUT2D eigenvalue weighted by Crippen LogP contribution is -2.30. The van der Waals surface area contributed by atoms with Gasteiger partial charge in [-0.3, -0.25) is 4.79 Å². The summed E-state index contributed by atoms with van der Waals surface area (Å²) >= 11 is 0. The maximum absolute atomic E-state index is 12.4. The van der Waals surface area contributed by atoms with Gasteiger partial charge in [0.25, 0.3) is 0 Å². The van der Waals surface area contributed by atoms with Crippen LogP contribution in [-0.2, 0) is 17.6 Å². The van der Waals surface area contributed by atoms with Crippen LogP contribution >= 0.6 is 0 Å². The summed E-state index contributed by atoms with van der Waals surface area (Å²) < 4.78 is 5.41. The zero-order chi connectivity index (χ0) is 16.7. The van der Waals surface area contributed by atoms with Crippen molar-refractivity contribution in [3.8, 4) is 5.75 Å². The molecule has 4 rings (SSSR count). The van der Waals surface area contributed by atoms with Gasteiger partial charge in [0.15, 0.2) is 5.78 Å². The van der Waals surface area contributed by atoms with E-state index in [9.17, 15) is 4.79 Å². The van der Waals surface area contributed by atoms with Crippen molar-refractivity contribution >= 4 is 11.4 Å². The SMILES string of the molecule is COc1ccc2c(c1)CC1(Cc3ccccc3)CCC(=O)C(C)=C21. The number of hydrogen-bond donors (Lipinski definition) is 0. The second-order valence-corrected chi connectivity index (χ2v) is 7.07. The smallest absolute Gasteiger partial charge is 0.158 e. The van der Waals surface area contributed by atoms with Crippen LogP contribution in [0, 0.1) is 5.41 Å². The largest absolute Gasteiger partial charge is 0.497 e. The van der Waals surface area contributed by atoms with Crippen molar-refractivity contribution in [3.05, 3.63) is 70.8 Å². The molecule has 2 aromatic rings. The van der Waals surface area contributed by atoms with E-state index in [1.54, 1.807) is 7.11 Å². The molecule has 0 amide bonds. The molecule has 24 heavy (non-hydrogen) atoms. The Morgan fingerprint density at radius 2 is 1.92 bits per heavy atom. The topological polar surface area (TPSA) is 26.3 Å². The first-order chi connectivity index (χ1) is 11.6. The number of allylic oxidation sites excluding steroid dienone is 2. The van der Waals surface area contributed by atoms with E-state index in [0.717, 1.165) is 30.6 Å². The zero-order valence-corrected chi connectivity index (χ0v) is 14.3. The third-order valence-corrected chi connectivity index (χ3v) is 5.65. The van der Waals surface area contributed by atoms with Crippen LogP contribution in [0.3, 0.4) is 0 Å². The summed E-state index contributed by atoms with van der Waals surface area (Å²) in [5, 5.41) is 0. The summed E-state index contributed by atoms with van der Waals surface area (Å²) in [6, 6.07) is 16.9. The van der Waals surface area contributed by atoms with Gasteiger partial charge in [-0.2, -0.15) is 0 Å². The van der Waals surface area contributed by atoms with Crippen LogP contribution in [0.1, 0.15) is 36.5 Å². The Kier molecular flexibility index (Phi) is 3.56. The second kappa shape index (κ2) is 5.62. The Morgan fingerprint density at radius 3 is 2.67 bits per heavy atom. The van der Waals surface area contributed by atoms with E-state index in [2.05, 4.69) is 42.5 Å². The van der Waals surface area contributed by atoms with Crippen LogP contribution in [0.4, 0.5) is 0 Å². The predicted octanol–water partition coefficient (Wildman–Crippen LogP) is 4.62. The first kappa shape index (κ1) is 15.2. The van der Waals surface area contributed by atoms with Crippen molar-refractivity contribution in [2.75, 3.05) is 7.11 Å². The quantitative estimate of drug-likeness (QED) is 0.825. The van der Waals surface area contributed by atoms with Crippen LogP contribution in [-0.4, -0.2) is 12.9 Å². The van der Waals surface area contributed by atoms with Gasteiger partial charge in [0.1, 0.15) is 5.75 Å². The van der Waals surface area contributed by atoms with Gasteiger partial charge in [-0.25, -0.2) is 0 Å². The summed E-state index contributed by atoms with van der Waals surface area (Å²) in [7, 11) is 1.71. The molecule has 2 heteroatoms. The van der Waals surface area contributed by atoms with Gasteiger partial charge in [-0.05, 0) is 66.2 Å². The molecule has 0 aromatic heterocycles. The highest BCUT2D eigenvalue weighted by Crippen LogP contribution is 2.55. The van der Waals surface area contributed by atoms with E-state index in [0.29, 0.717) is 12.2 Å². The number of carbonyl (C=O) groups is 1. The molecule has 1 atom stereocenters. The van der Waals surface area contributed by atoms with Crippen molar-refractivity contribution in [3.63, 3.8) is 0 Å². The van der Waals surface area contributed by atoms with Crippen LogP contribution < -0.4 is 4.74 Å². The number of hydrogen-bond acceptors (Lipinski definition) is 2. The first-order valence-electron chi connectivity index (χ1n) is 8.59. The number of ketones is 1. The molecule has 0 N–H and O–H groups in total. The lowest BCUT2D eigenvalue weighted by molar-refractivity contribution is -0.116. The molecule has 0 saturated carbocycles. The molecular weight excluding hydrogens is 296 g/mol. The number of benzene rings is 2. The third kappa shape index (κ3) is 2.29. The molecule has 0 heterocycles. The Labute approximate surface area is 143 Å². The standard InChI is InChI=1S/C22H22O2/c1-15-20(23)10-11-22(13-16-6-4-3-5-7-16)14-17-12-18(24-2)8-9-19(17)21(15)22/h3-9,12H,10-11,13-14H2,1-2H3. The highest BCUT2D eigenvalue weighted by Gasteiger charge is 2.46. The Morgan fingerprint density at radius 1 is 1.12 bits per heavy atom. The average Bonchev–Trinajstić information content (AvgIpc) is 2.93. The molecule has 2 nitrogen and oxygen atoms in total. The number of methoxy groups -OCH3 is 1. The number of fused-ring (bicyclic) bond motifs is 3. The molecule has 2 aliphatic rings. The van der Waals surface area contributed by atoms with E-state index in [1.807, 2.05) is 13.0 Å². The summed E-state index contributed by atoms with van der Waals surface area (Å²) in [6.45, 7) is 2.01. The molecule has 0 saturated heterocycles. The minimum atomic E-state index is 0.0496. The molecule has 0 radical (unpaired) electrons. The second-order valence-electron chi connectivity index (χ2n) is 7.07. The fourth-order valence-electron chi connectivity index (χ4n) is 4.54. The highest BCUT2D eigenvalue weighted by molar-refractivity contribution is 6.06. The third-order valence-electron chi connectivity index (χ3n) is 5.65. The molecule has 0 fully saturated rings.